The van der Waals surface area contributed by atoms with Gasteiger partial charge in [0.05, 0.1) is 5.56 Å². The summed E-state index contributed by atoms with van der Waals surface area (Å²) in [5, 5.41) is 1.12. The molecule has 0 spiro atoms. The summed E-state index contributed by atoms with van der Waals surface area (Å²) in [7, 11) is 0. The molecule has 1 nitrogen and oxygen atoms in total. The minimum Gasteiger partial charge on any atom is -0.342 e. The van der Waals surface area contributed by atoms with Crippen molar-refractivity contribution in [2.24, 2.45) is 0 Å². The largest absolute Gasteiger partial charge is 0.416 e. The molecule has 0 unspecified atom stereocenters. The molecule has 1 aromatic heterocycles. The molecule has 0 aliphatic rings. The molecular formula is C25H22F3NS. The van der Waals surface area contributed by atoms with Gasteiger partial charge in [-0.15, -0.1) is 11.8 Å². The van der Waals surface area contributed by atoms with Crippen molar-refractivity contribution in [3.05, 3.63) is 101 Å². The smallest absolute Gasteiger partial charge is 0.342 e. The Morgan fingerprint density at radius 3 is 2.50 bits per heavy atom. The van der Waals surface area contributed by atoms with E-state index in [-0.39, 0.29) is 0 Å². The number of nitrogens with zero attached hydrogens (tertiary/aromatic N) is 1. The van der Waals surface area contributed by atoms with Gasteiger partial charge in [0.2, 0.25) is 0 Å². The molecule has 0 saturated heterocycles. The summed E-state index contributed by atoms with van der Waals surface area (Å²) in [6.45, 7) is 4.97. The Labute approximate surface area is 178 Å². The molecule has 4 aromatic rings. The number of para-hydroxylation sites is 1. The Morgan fingerprint density at radius 2 is 1.70 bits per heavy atom. The molecule has 0 bridgehead atoms. The quantitative estimate of drug-likeness (QED) is 0.298. The third-order valence-electron chi connectivity index (χ3n) is 5.25. The molecule has 30 heavy (non-hydrogen) atoms. The van der Waals surface area contributed by atoms with Crippen LogP contribution in [0.3, 0.4) is 0 Å². The number of aromatic nitrogens is 1. The Kier molecular flexibility index (Phi) is 5.65. The summed E-state index contributed by atoms with van der Waals surface area (Å²) in [4.78, 5) is 1.08. The predicted octanol–water partition coefficient (Wildman–Crippen LogP) is 7.62. The zero-order chi connectivity index (χ0) is 21.3. The van der Waals surface area contributed by atoms with Gasteiger partial charge in [0.25, 0.3) is 0 Å². The van der Waals surface area contributed by atoms with Crippen LogP contribution in [0.25, 0.3) is 10.9 Å². The van der Waals surface area contributed by atoms with Gasteiger partial charge in [0, 0.05) is 34.3 Å². The van der Waals surface area contributed by atoms with E-state index in [1.54, 1.807) is 17.8 Å². The van der Waals surface area contributed by atoms with Gasteiger partial charge in [-0.05, 0) is 42.7 Å². The Balaban J connectivity index is 1.62. The lowest BCUT2D eigenvalue weighted by atomic mass is 10.1. The molecule has 5 heteroatoms. The first-order chi connectivity index (χ1) is 14.3. The van der Waals surface area contributed by atoms with Crippen molar-refractivity contribution in [3.8, 4) is 0 Å². The molecule has 0 N–H and O–H groups in total. The van der Waals surface area contributed by atoms with Crippen molar-refractivity contribution >= 4 is 22.7 Å². The number of benzene rings is 3. The lowest BCUT2D eigenvalue weighted by molar-refractivity contribution is -0.137. The molecular weight excluding hydrogens is 403 g/mol. The van der Waals surface area contributed by atoms with Crippen molar-refractivity contribution in [1.29, 1.82) is 0 Å². The van der Waals surface area contributed by atoms with Crippen LogP contribution in [0.4, 0.5) is 13.2 Å². The summed E-state index contributed by atoms with van der Waals surface area (Å²) in [6.07, 6.45) is -2.20. The lowest BCUT2D eigenvalue weighted by Crippen LogP contribution is -2.04. The van der Waals surface area contributed by atoms with Crippen molar-refractivity contribution in [2.45, 2.75) is 37.2 Å². The Morgan fingerprint density at radius 1 is 0.900 bits per heavy atom. The van der Waals surface area contributed by atoms with Crippen LogP contribution in [0, 0.1) is 13.8 Å². The third kappa shape index (κ3) is 4.41. The minimum atomic E-state index is -4.32. The number of hydrogen-bond acceptors (Lipinski definition) is 1. The molecule has 3 aromatic carbocycles. The normalized spacial score (nSPS) is 11.9. The van der Waals surface area contributed by atoms with Crippen LogP contribution in [0.2, 0.25) is 0 Å². The molecule has 1 heterocycles. The summed E-state index contributed by atoms with van der Waals surface area (Å²) in [5.41, 5.74) is 4.94. The number of fused-ring (bicyclic) bond motifs is 1. The summed E-state index contributed by atoms with van der Waals surface area (Å²) < 4.78 is 41.2. The molecule has 0 atom stereocenters. The fourth-order valence-electron chi connectivity index (χ4n) is 3.61. The highest BCUT2D eigenvalue weighted by Crippen LogP contribution is 2.34. The Bertz CT molecular complexity index is 1190. The maximum absolute atomic E-state index is 13.0. The van der Waals surface area contributed by atoms with Crippen molar-refractivity contribution < 1.29 is 13.2 Å². The third-order valence-corrected chi connectivity index (χ3v) is 6.36. The van der Waals surface area contributed by atoms with Crippen molar-refractivity contribution in [2.75, 3.05) is 0 Å². The molecule has 0 radical (unpaired) electrons. The monoisotopic (exact) mass is 425 g/mol. The van der Waals surface area contributed by atoms with Crippen LogP contribution in [-0.2, 0) is 18.5 Å². The topological polar surface area (TPSA) is 4.93 Å². The number of aryl methyl sites for hydroxylation is 2. The van der Waals surface area contributed by atoms with E-state index in [1.807, 2.05) is 12.1 Å². The van der Waals surface area contributed by atoms with Gasteiger partial charge >= 0.3 is 6.18 Å². The first-order valence-electron chi connectivity index (χ1n) is 9.74. The lowest BCUT2D eigenvalue weighted by Gasteiger charge is -2.10. The summed E-state index contributed by atoms with van der Waals surface area (Å²) in [5.74, 6) is 0.488. The predicted molar refractivity (Wildman–Crippen MR) is 118 cm³/mol. The van der Waals surface area contributed by atoms with Gasteiger partial charge < -0.3 is 4.57 Å². The average molecular weight is 426 g/mol. The second-order valence-electron chi connectivity index (χ2n) is 7.56. The first-order valence-corrected chi connectivity index (χ1v) is 10.7. The first kappa shape index (κ1) is 20.6. The van der Waals surface area contributed by atoms with E-state index in [0.29, 0.717) is 11.3 Å². The zero-order valence-electron chi connectivity index (χ0n) is 16.8. The second kappa shape index (κ2) is 8.23. The SMILES string of the molecule is Cc1ccc(C)c(Cn2cc(SCc3cccc(C(F)(F)F)c3)c3ccccc32)c1. The highest BCUT2D eigenvalue weighted by Gasteiger charge is 2.30. The van der Waals surface area contributed by atoms with Crippen molar-refractivity contribution in [3.63, 3.8) is 0 Å². The molecule has 0 aliphatic heterocycles. The van der Waals surface area contributed by atoms with E-state index in [9.17, 15) is 13.2 Å². The summed E-state index contributed by atoms with van der Waals surface area (Å²) >= 11 is 1.57. The van der Waals surface area contributed by atoms with Gasteiger partial charge in [-0.1, -0.05) is 60.2 Å². The molecule has 154 valence electrons. The van der Waals surface area contributed by atoms with E-state index < -0.39 is 11.7 Å². The van der Waals surface area contributed by atoms with E-state index >= 15 is 0 Å². The van der Waals surface area contributed by atoms with Crippen LogP contribution in [0.5, 0.6) is 0 Å². The molecule has 4 rings (SSSR count). The Hall–Kier alpha value is -2.66. The maximum atomic E-state index is 13.0. The molecule has 0 aliphatic carbocycles. The highest BCUT2D eigenvalue weighted by molar-refractivity contribution is 7.98. The van der Waals surface area contributed by atoms with E-state index in [4.69, 9.17) is 0 Å². The maximum Gasteiger partial charge on any atom is 0.416 e. The van der Waals surface area contributed by atoms with Gasteiger partial charge in [0.1, 0.15) is 0 Å². The van der Waals surface area contributed by atoms with Gasteiger partial charge in [-0.2, -0.15) is 13.2 Å². The van der Waals surface area contributed by atoms with Gasteiger partial charge in [0.15, 0.2) is 0 Å². The van der Waals surface area contributed by atoms with E-state index in [2.05, 4.69) is 54.9 Å². The average Bonchev–Trinajstić information content (AvgIpc) is 3.06. The number of alkyl halides is 3. The van der Waals surface area contributed by atoms with Crippen LogP contribution in [0.15, 0.2) is 77.8 Å². The number of rotatable bonds is 5. The number of halogens is 3. The zero-order valence-corrected chi connectivity index (χ0v) is 17.6. The fraction of sp³-hybridized carbons (Fsp3) is 0.200. The van der Waals surface area contributed by atoms with E-state index in [0.717, 1.165) is 28.4 Å². The molecule has 0 amide bonds. The fourth-order valence-corrected chi connectivity index (χ4v) is 4.64. The van der Waals surface area contributed by atoms with Crippen LogP contribution in [0.1, 0.15) is 27.8 Å². The molecule has 0 fully saturated rings. The number of thioether (sulfide) groups is 1. The van der Waals surface area contributed by atoms with E-state index in [1.165, 1.54) is 28.8 Å². The van der Waals surface area contributed by atoms with Crippen LogP contribution < -0.4 is 0 Å². The van der Waals surface area contributed by atoms with Gasteiger partial charge in [-0.25, -0.2) is 0 Å². The standard InChI is InChI=1S/C25H22F3NS/c1-17-10-11-18(2)20(12-17)14-29-15-24(22-8-3-4-9-23(22)29)30-16-19-6-5-7-21(13-19)25(26,27)28/h3-13,15H,14,16H2,1-2H3. The molecule has 0 saturated carbocycles. The van der Waals surface area contributed by atoms with Crippen molar-refractivity contribution in [1.82, 2.24) is 4.57 Å². The van der Waals surface area contributed by atoms with Crippen LogP contribution in [-0.4, -0.2) is 4.57 Å². The summed E-state index contributed by atoms with van der Waals surface area (Å²) in [6, 6.07) is 20.2. The van der Waals surface area contributed by atoms with Gasteiger partial charge in [-0.3, -0.25) is 0 Å². The minimum absolute atomic E-state index is 0.488. The number of hydrogen-bond donors (Lipinski definition) is 0. The highest BCUT2D eigenvalue weighted by atomic mass is 32.2. The second-order valence-corrected chi connectivity index (χ2v) is 8.57. The van der Waals surface area contributed by atoms with Crippen LogP contribution >= 0.6 is 11.8 Å².